The quantitative estimate of drug-likeness (QED) is 0.618. The van der Waals surface area contributed by atoms with E-state index in [-0.39, 0.29) is 5.92 Å². The Bertz CT molecular complexity index is 435. The molecule has 82 valence electrons. The third-order valence-electron chi connectivity index (χ3n) is 2.37. The number of aliphatic imine (C=N–C) groups is 1. The summed E-state index contributed by atoms with van der Waals surface area (Å²) in [5.74, 6) is -0.306. The molecule has 2 nitrogen and oxygen atoms in total. The molecule has 0 heterocycles. The van der Waals surface area contributed by atoms with E-state index >= 15 is 0 Å². The summed E-state index contributed by atoms with van der Waals surface area (Å²) in [7, 11) is 0. The van der Waals surface area contributed by atoms with Crippen LogP contribution in [0.4, 0.5) is 5.69 Å². The van der Waals surface area contributed by atoms with Crippen LogP contribution in [-0.4, -0.2) is 16.4 Å². The monoisotopic (exact) mass is 233 g/mol. The Kier molecular flexibility index (Phi) is 3.22. The van der Waals surface area contributed by atoms with Crippen LogP contribution in [0.1, 0.15) is 0 Å². The maximum Gasteiger partial charge on any atom is 0.168 e. The minimum absolute atomic E-state index is 0.306. The van der Waals surface area contributed by atoms with Crippen LogP contribution in [0.15, 0.2) is 59.6 Å². The highest BCUT2D eigenvalue weighted by atomic mass is 35.5. The lowest BCUT2D eigenvalue weighted by Gasteiger charge is -2.24. The van der Waals surface area contributed by atoms with Crippen molar-refractivity contribution >= 4 is 23.5 Å². The topological polar surface area (TPSA) is 32.6 Å². The zero-order valence-corrected chi connectivity index (χ0v) is 9.38. The molecule has 2 atom stereocenters. The fourth-order valence-electron chi connectivity index (χ4n) is 1.46. The number of hydrogen-bond acceptors (Lipinski definition) is 2. The molecule has 0 aliphatic heterocycles. The zero-order chi connectivity index (χ0) is 11.4. The number of allylic oxidation sites excluding steroid dienone is 2. The van der Waals surface area contributed by atoms with E-state index in [2.05, 4.69) is 4.99 Å². The summed E-state index contributed by atoms with van der Waals surface area (Å²) in [6, 6.07) is 9.55. The van der Waals surface area contributed by atoms with Crippen molar-refractivity contribution in [2.45, 2.75) is 5.06 Å². The second kappa shape index (κ2) is 4.64. The van der Waals surface area contributed by atoms with Gasteiger partial charge in [0.05, 0.1) is 11.6 Å². The molecule has 0 fully saturated rings. The highest BCUT2D eigenvalue weighted by Gasteiger charge is 2.29. The molecule has 1 aromatic carbocycles. The van der Waals surface area contributed by atoms with Crippen LogP contribution in [0.3, 0.4) is 0 Å². The van der Waals surface area contributed by atoms with Gasteiger partial charge in [-0.1, -0.05) is 48.0 Å². The van der Waals surface area contributed by atoms with Crippen LogP contribution in [-0.2, 0) is 0 Å². The predicted octanol–water partition coefficient (Wildman–Crippen LogP) is 3.06. The van der Waals surface area contributed by atoms with Crippen molar-refractivity contribution in [1.82, 2.24) is 0 Å². The Balaban J connectivity index is 2.13. The smallest absolute Gasteiger partial charge is 0.168 e. The molecule has 3 heteroatoms. The lowest BCUT2D eigenvalue weighted by Crippen LogP contribution is -2.30. The molecule has 1 N–H and O–H groups in total. The van der Waals surface area contributed by atoms with Crippen molar-refractivity contribution in [3.05, 3.63) is 54.6 Å². The summed E-state index contributed by atoms with van der Waals surface area (Å²) in [6.45, 7) is 0. The number of hydrogen-bond donors (Lipinski definition) is 1. The molecular weight excluding hydrogens is 222 g/mol. The largest absolute Gasteiger partial charge is 0.370 e. The lowest BCUT2D eigenvalue weighted by molar-refractivity contribution is 0.160. The fourth-order valence-corrected chi connectivity index (χ4v) is 1.66. The van der Waals surface area contributed by atoms with Crippen LogP contribution < -0.4 is 0 Å². The number of nitrogens with zero attached hydrogens (tertiary/aromatic N) is 1. The Labute approximate surface area is 99.6 Å². The standard InChI is InChI=1S/C13H12ClNO/c14-13(16)9-5-4-6-11(13)10-15-12-7-2-1-3-8-12/h1-11,16H/b15-10+. The third-order valence-corrected chi connectivity index (χ3v) is 2.75. The molecule has 0 aromatic heterocycles. The van der Waals surface area contributed by atoms with Crippen molar-refractivity contribution < 1.29 is 5.11 Å². The molecule has 16 heavy (non-hydrogen) atoms. The highest BCUT2D eigenvalue weighted by molar-refractivity contribution is 6.25. The summed E-state index contributed by atoms with van der Waals surface area (Å²) in [6.07, 6.45) is 8.59. The van der Waals surface area contributed by atoms with E-state index in [0.717, 1.165) is 5.69 Å². The molecule has 0 saturated heterocycles. The van der Waals surface area contributed by atoms with Crippen molar-refractivity contribution in [3.8, 4) is 0 Å². The second-order valence-electron chi connectivity index (χ2n) is 3.61. The van der Waals surface area contributed by atoms with Crippen molar-refractivity contribution in [1.29, 1.82) is 0 Å². The first-order valence-corrected chi connectivity index (χ1v) is 5.43. The Morgan fingerprint density at radius 3 is 2.69 bits per heavy atom. The molecule has 0 bridgehead atoms. The molecule has 2 unspecified atom stereocenters. The first kappa shape index (κ1) is 11.1. The molecule has 0 radical (unpaired) electrons. The van der Waals surface area contributed by atoms with Crippen molar-refractivity contribution in [2.24, 2.45) is 10.9 Å². The van der Waals surface area contributed by atoms with Crippen LogP contribution >= 0.6 is 11.6 Å². The van der Waals surface area contributed by atoms with Gasteiger partial charge in [0.1, 0.15) is 0 Å². The van der Waals surface area contributed by atoms with E-state index in [1.54, 1.807) is 18.4 Å². The summed E-state index contributed by atoms with van der Waals surface area (Å²) >= 11 is 5.93. The highest BCUT2D eigenvalue weighted by Crippen LogP contribution is 2.27. The van der Waals surface area contributed by atoms with Crippen LogP contribution in [0.25, 0.3) is 0 Å². The summed E-state index contributed by atoms with van der Waals surface area (Å²) in [5, 5.41) is 8.48. The summed E-state index contributed by atoms with van der Waals surface area (Å²) < 4.78 is 0. The fraction of sp³-hybridized carbons (Fsp3) is 0.154. The van der Waals surface area contributed by atoms with Crippen LogP contribution in [0, 0.1) is 5.92 Å². The van der Waals surface area contributed by atoms with Gasteiger partial charge in [-0.2, -0.15) is 0 Å². The van der Waals surface area contributed by atoms with Gasteiger partial charge in [0.25, 0.3) is 0 Å². The van der Waals surface area contributed by atoms with Crippen molar-refractivity contribution in [2.75, 3.05) is 0 Å². The van der Waals surface area contributed by atoms with Gasteiger partial charge in [0.15, 0.2) is 5.06 Å². The van der Waals surface area contributed by atoms with Gasteiger partial charge < -0.3 is 5.11 Å². The number of halogens is 1. The van der Waals surface area contributed by atoms with Gasteiger partial charge >= 0.3 is 0 Å². The van der Waals surface area contributed by atoms with Gasteiger partial charge in [-0.05, 0) is 18.2 Å². The Morgan fingerprint density at radius 2 is 2.00 bits per heavy atom. The molecule has 0 amide bonds. The average Bonchev–Trinajstić information content (AvgIpc) is 2.28. The van der Waals surface area contributed by atoms with Crippen molar-refractivity contribution in [3.63, 3.8) is 0 Å². The molecule has 1 aliphatic rings. The maximum absolute atomic E-state index is 9.85. The third kappa shape index (κ3) is 2.60. The number of aliphatic hydroxyl groups is 1. The van der Waals surface area contributed by atoms with E-state index < -0.39 is 5.06 Å². The zero-order valence-electron chi connectivity index (χ0n) is 8.62. The van der Waals surface area contributed by atoms with Gasteiger partial charge in [-0.15, -0.1) is 0 Å². The molecular formula is C13H12ClNO. The Hall–Kier alpha value is -1.38. The van der Waals surface area contributed by atoms with Gasteiger partial charge in [-0.25, -0.2) is 0 Å². The minimum atomic E-state index is -1.37. The summed E-state index contributed by atoms with van der Waals surface area (Å²) in [4.78, 5) is 4.27. The summed E-state index contributed by atoms with van der Waals surface area (Å²) in [5.41, 5.74) is 0.845. The maximum atomic E-state index is 9.85. The van der Waals surface area contributed by atoms with Gasteiger partial charge in [0, 0.05) is 6.21 Å². The minimum Gasteiger partial charge on any atom is -0.370 e. The van der Waals surface area contributed by atoms with Gasteiger partial charge in [0.2, 0.25) is 0 Å². The molecule has 1 aliphatic carbocycles. The second-order valence-corrected chi connectivity index (χ2v) is 4.22. The number of alkyl halides is 1. The SMILES string of the molecule is OC1(Cl)C=CC=CC1/C=N/c1ccccc1. The number of para-hydroxylation sites is 1. The van der Waals surface area contributed by atoms with Crippen LogP contribution in [0.2, 0.25) is 0 Å². The normalized spacial score (nSPS) is 28.8. The first-order valence-electron chi connectivity index (χ1n) is 5.05. The van der Waals surface area contributed by atoms with E-state index in [1.165, 1.54) is 0 Å². The van der Waals surface area contributed by atoms with E-state index in [9.17, 15) is 5.11 Å². The predicted molar refractivity (Wildman–Crippen MR) is 67.2 cm³/mol. The average molecular weight is 234 g/mol. The molecule has 2 rings (SSSR count). The molecule has 0 spiro atoms. The van der Waals surface area contributed by atoms with E-state index in [4.69, 9.17) is 11.6 Å². The van der Waals surface area contributed by atoms with E-state index in [0.29, 0.717) is 0 Å². The lowest BCUT2D eigenvalue weighted by atomic mass is 9.98. The first-order chi connectivity index (χ1) is 7.68. The van der Waals surface area contributed by atoms with Crippen LogP contribution in [0.5, 0.6) is 0 Å². The Morgan fingerprint density at radius 1 is 1.25 bits per heavy atom. The van der Waals surface area contributed by atoms with Gasteiger partial charge in [-0.3, -0.25) is 4.99 Å². The molecule has 1 aromatic rings. The number of rotatable bonds is 2. The van der Waals surface area contributed by atoms with E-state index in [1.807, 2.05) is 42.5 Å². The molecule has 0 saturated carbocycles. The number of benzene rings is 1.